The smallest absolute Gasteiger partial charge is 0.171 e. The molecule has 1 saturated heterocycles. The van der Waals surface area contributed by atoms with Crippen LogP contribution >= 0.6 is 15.9 Å². The second kappa shape index (κ2) is 8.57. The number of hydrogen-bond donors (Lipinski definition) is 1. The van der Waals surface area contributed by atoms with E-state index in [1.807, 2.05) is 28.9 Å². The van der Waals surface area contributed by atoms with Crippen molar-refractivity contribution in [1.29, 1.82) is 0 Å². The van der Waals surface area contributed by atoms with E-state index < -0.39 is 0 Å². The molecule has 30 heavy (non-hydrogen) atoms. The van der Waals surface area contributed by atoms with Crippen LogP contribution in [0.15, 0.2) is 64.1 Å². The van der Waals surface area contributed by atoms with Gasteiger partial charge >= 0.3 is 0 Å². The molecule has 0 saturated carbocycles. The highest BCUT2D eigenvalue weighted by molar-refractivity contribution is 9.10. The fraction of sp³-hybridized carbons (Fsp3) is 0.318. The van der Waals surface area contributed by atoms with Gasteiger partial charge in [0.1, 0.15) is 11.6 Å². The van der Waals surface area contributed by atoms with Gasteiger partial charge in [0.25, 0.3) is 0 Å². The number of rotatable bonds is 6. The number of fused-ring (bicyclic) bond motifs is 1. The minimum atomic E-state index is 0.374. The summed E-state index contributed by atoms with van der Waals surface area (Å²) in [6.07, 6.45) is 9.48. The Kier molecular flexibility index (Phi) is 5.50. The molecule has 1 atom stereocenters. The molecule has 1 fully saturated rings. The number of aromatic nitrogens is 4. The summed E-state index contributed by atoms with van der Waals surface area (Å²) in [6, 6.07) is 10.1. The third-order valence-electron chi connectivity index (χ3n) is 5.53. The molecular formula is C22H23BrN6O. The molecule has 8 heteroatoms. The van der Waals surface area contributed by atoms with Crippen molar-refractivity contribution in [2.75, 3.05) is 18.4 Å². The fourth-order valence-electron chi connectivity index (χ4n) is 4.05. The number of anilines is 1. The summed E-state index contributed by atoms with van der Waals surface area (Å²) in [6.45, 7) is 3.58. The van der Waals surface area contributed by atoms with E-state index in [4.69, 9.17) is 9.40 Å². The first-order chi connectivity index (χ1) is 14.8. The number of hydrogen-bond acceptors (Lipinski definition) is 6. The van der Waals surface area contributed by atoms with Gasteiger partial charge in [0.15, 0.2) is 5.65 Å². The Morgan fingerprint density at radius 3 is 3.03 bits per heavy atom. The van der Waals surface area contributed by atoms with Gasteiger partial charge in [-0.15, -0.1) is 0 Å². The number of nitrogens with zero attached hydrogens (tertiary/aromatic N) is 5. The summed E-state index contributed by atoms with van der Waals surface area (Å²) in [5.74, 6) is 2.32. The molecule has 4 aromatic heterocycles. The second-order valence-electron chi connectivity index (χ2n) is 7.66. The van der Waals surface area contributed by atoms with E-state index in [9.17, 15) is 0 Å². The van der Waals surface area contributed by atoms with Gasteiger partial charge in [-0.3, -0.25) is 9.88 Å². The van der Waals surface area contributed by atoms with Crippen molar-refractivity contribution in [3.05, 3.63) is 76.7 Å². The van der Waals surface area contributed by atoms with Crippen LogP contribution in [0.5, 0.6) is 0 Å². The maximum atomic E-state index is 5.54. The Hall–Kier alpha value is -2.71. The first-order valence-electron chi connectivity index (χ1n) is 10.2. The molecule has 1 unspecified atom stereocenters. The number of piperidine rings is 1. The summed E-state index contributed by atoms with van der Waals surface area (Å²) in [5, 5.41) is 8.00. The summed E-state index contributed by atoms with van der Waals surface area (Å²) >= 11 is 3.60. The minimum absolute atomic E-state index is 0.374. The van der Waals surface area contributed by atoms with Gasteiger partial charge in [-0.25, -0.2) is 4.98 Å². The van der Waals surface area contributed by atoms with E-state index >= 15 is 0 Å². The van der Waals surface area contributed by atoms with Gasteiger partial charge in [0.05, 0.1) is 29.2 Å². The molecule has 0 aliphatic carbocycles. The lowest BCUT2D eigenvalue weighted by Gasteiger charge is -2.32. The SMILES string of the molecule is Brc1cnn2c(NCc3cccnc3)cc(C3CCCN(Cc4ccco4)C3)nc12. The zero-order valence-corrected chi connectivity index (χ0v) is 18.1. The largest absolute Gasteiger partial charge is 0.468 e. The van der Waals surface area contributed by atoms with Crippen molar-refractivity contribution in [2.45, 2.75) is 31.8 Å². The second-order valence-corrected chi connectivity index (χ2v) is 8.52. The van der Waals surface area contributed by atoms with E-state index in [1.54, 1.807) is 18.7 Å². The Balaban J connectivity index is 1.40. The molecule has 1 N–H and O–H groups in total. The number of nitrogens with one attached hydrogen (secondary N) is 1. The van der Waals surface area contributed by atoms with Gasteiger partial charge in [-0.05, 0) is 59.1 Å². The van der Waals surface area contributed by atoms with Crippen LogP contribution in [0.4, 0.5) is 5.82 Å². The molecule has 0 radical (unpaired) electrons. The zero-order chi connectivity index (χ0) is 20.3. The predicted octanol–water partition coefficient (Wildman–Crippen LogP) is 4.47. The average molecular weight is 467 g/mol. The maximum absolute atomic E-state index is 5.54. The number of halogens is 1. The molecule has 0 spiro atoms. The zero-order valence-electron chi connectivity index (χ0n) is 16.5. The highest BCUT2D eigenvalue weighted by Gasteiger charge is 2.24. The number of pyridine rings is 1. The van der Waals surface area contributed by atoms with E-state index in [0.717, 1.165) is 65.4 Å². The summed E-state index contributed by atoms with van der Waals surface area (Å²) in [5.41, 5.74) is 3.06. The average Bonchev–Trinajstić information content (AvgIpc) is 3.43. The first-order valence-corrected chi connectivity index (χ1v) is 11.0. The molecule has 154 valence electrons. The molecule has 7 nitrogen and oxygen atoms in total. The van der Waals surface area contributed by atoms with E-state index in [-0.39, 0.29) is 0 Å². The molecule has 0 amide bonds. The number of likely N-dealkylation sites (tertiary alicyclic amines) is 1. The van der Waals surface area contributed by atoms with Crippen LogP contribution in [0.1, 0.15) is 35.8 Å². The van der Waals surface area contributed by atoms with Crippen molar-refractivity contribution in [2.24, 2.45) is 0 Å². The Morgan fingerprint density at radius 2 is 2.20 bits per heavy atom. The van der Waals surface area contributed by atoms with Gasteiger partial charge in [-0.2, -0.15) is 9.61 Å². The first kappa shape index (κ1) is 19.3. The lowest BCUT2D eigenvalue weighted by atomic mass is 9.94. The van der Waals surface area contributed by atoms with Crippen molar-refractivity contribution in [1.82, 2.24) is 24.5 Å². The molecule has 0 bridgehead atoms. The minimum Gasteiger partial charge on any atom is -0.468 e. The molecule has 1 aliphatic rings. The van der Waals surface area contributed by atoms with Crippen molar-refractivity contribution in [3.8, 4) is 0 Å². The van der Waals surface area contributed by atoms with Gasteiger partial charge < -0.3 is 9.73 Å². The molecule has 0 aromatic carbocycles. The van der Waals surface area contributed by atoms with Crippen molar-refractivity contribution < 1.29 is 4.42 Å². The van der Waals surface area contributed by atoms with Crippen LogP contribution in [0, 0.1) is 0 Å². The lowest BCUT2D eigenvalue weighted by molar-refractivity contribution is 0.185. The van der Waals surface area contributed by atoms with Crippen LogP contribution < -0.4 is 5.32 Å². The van der Waals surface area contributed by atoms with Crippen molar-refractivity contribution in [3.63, 3.8) is 0 Å². The van der Waals surface area contributed by atoms with E-state index in [1.165, 1.54) is 0 Å². The molecule has 4 aromatic rings. The summed E-state index contributed by atoms with van der Waals surface area (Å²) in [4.78, 5) is 11.6. The molecular weight excluding hydrogens is 444 g/mol. The number of furan rings is 1. The fourth-order valence-corrected chi connectivity index (χ4v) is 4.40. The molecule has 5 heterocycles. The maximum Gasteiger partial charge on any atom is 0.171 e. The highest BCUT2D eigenvalue weighted by atomic mass is 79.9. The monoisotopic (exact) mass is 466 g/mol. The lowest BCUT2D eigenvalue weighted by Crippen LogP contribution is -2.34. The Bertz CT molecular complexity index is 1110. The normalized spacial score (nSPS) is 17.4. The van der Waals surface area contributed by atoms with Crippen LogP contribution in [-0.2, 0) is 13.1 Å². The van der Waals surface area contributed by atoms with Crippen molar-refractivity contribution >= 4 is 27.4 Å². The third-order valence-corrected chi connectivity index (χ3v) is 6.09. The van der Waals surface area contributed by atoms with Crippen LogP contribution in [-0.4, -0.2) is 37.6 Å². The molecule has 1 aliphatic heterocycles. The van der Waals surface area contributed by atoms with Gasteiger partial charge in [-0.1, -0.05) is 6.07 Å². The standard InChI is InChI=1S/C22H23BrN6O/c23-19-13-26-29-21(25-12-16-4-1-7-24-11-16)10-20(27-22(19)29)17-5-2-8-28(14-17)15-18-6-3-9-30-18/h1,3-4,6-7,9-11,13,17,25H,2,5,8,12,14-15H2. The van der Waals surface area contributed by atoms with Crippen LogP contribution in [0.25, 0.3) is 5.65 Å². The van der Waals surface area contributed by atoms with Gasteiger partial charge in [0, 0.05) is 37.5 Å². The molecule has 5 rings (SSSR count). The Labute approximate surface area is 183 Å². The van der Waals surface area contributed by atoms with E-state index in [2.05, 4.69) is 48.4 Å². The van der Waals surface area contributed by atoms with Gasteiger partial charge in [0.2, 0.25) is 0 Å². The van der Waals surface area contributed by atoms with E-state index in [0.29, 0.717) is 12.5 Å². The van der Waals surface area contributed by atoms with Crippen LogP contribution in [0.3, 0.4) is 0 Å². The summed E-state index contributed by atoms with van der Waals surface area (Å²) in [7, 11) is 0. The predicted molar refractivity (Wildman–Crippen MR) is 118 cm³/mol. The van der Waals surface area contributed by atoms with Crippen LogP contribution in [0.2, 0.25) is 0 Å². The Morgan fingerprint density at radius 1 is 1.23 bits per heavy atom. The quantitative estimate of drug-likeness (QED) is 0.451. The summed E-state index contributed by atoms with van der Waals surface area (Å²) < 4.78 is 8.30. The highest BCUT2D eigenvalue weighted by Crippen LogP contribution is 2.30. The third kappa shape index (κ3) is 4.11. The topological polar surface area (TPSA) is 71.5 Å².